The number of para-hydroxylation sites is 1. The number of benzene rings is 2. The third-order valence-electron chi connectivity index (χ3n) is 3.38. The fourth-order valence-electron chi connectivity index (χ4n) is 2.29. The van der Waals surface area contributed by atoms with E-state index in [0.29, 0.717) is 6.07 Å². The van der Waals surface area contributed by atoms with Gasteiger partial charge in [-0.2, -0.15) is 0 Å². The topological polar surface area (TPSA) is 89.3 Å². The number of halogens is 2. The van der Waals surface area contributed by atoms with Crippen molar-refractivity contribution in [3.63, 3.8) is 0 Å². The van der Waals surface area contributed by atoms with Crippen LogP contribution in [0.1, 0.15) is 18.5 Å². The summed E-state index contributed by atoms with van der Waals surface area (Å²) in [7, 11) is -3.82. The van der Waals surface area contributed by atoms with E-state index in [9.17, 15) is 27.3 Å². The number of nitro benzene ring substituents is 1. The molecule has 0 heterocycles. The van der Waals surface area contributed by atoms with E-state index < -0.39 is 43.0 Å². The molecule has 0 aliphatic rings. The Morgan fingerprint density at radius 3 is 2.42 bits per heavy atom. The Kier molecular flexibility index (Phi) is 4.83. The van der Waals surface area contributed by atoms with Gasteiger partial charge in [-0.05, 0) is 25.1 Å². The molecule has 0 amide bonds. The molecule has 0 saturated carbocycles. The number of rotatable bonds is 5. The van der Waals surface area contributed by atoms with Gasteiger partial charge in [0.05, 0.1) is 11.0 Å². The second-order valence-electron chi connectivity index (χ2n) is 5.21. The summed E-state index contributed by atoms with van der Waals surface area (Å²) >= 11 is 0. The van der Waals surface area contributed by atoms with Gasteiger partial charge in [0.2, 0.25) is 0 Å². The summed E-state index contributed by atoms with van der Waals surface area (Å²) in [4.78, 5) is 10.0. The summed E-state index contributed by atoms with van der Waals surface area (Å²) in [5, 5.41) is 14.0. The zero-order valence-electron chi connectivity index (χ0n) is 12.8. The molecular formula is C15H14F2N2O4S. The van der Waals surface area contributed by atoms with E-state index in [1.165, 1.54) is 25.1 Å². The lowest BCUT2D eigenvalue weighted by molar-refractivity contribution is -0.386. The lowest BCUT2D eigenvalue weighted by atomic mass is 10.1. The molecule has 2 rings (SSSR count). The molecular weight excluding hydrogens is 342 g/mol. The monoisotopic (exact) mass is 356 g/mol. The largest absolute Gasteiger partial charge is 0.373 e. The fourth-order valence-corrected chi connectivity index (χ4v) is 3.15. The maximum Gasteiger partial charge on any atom is 0.310 e. The predicted octanol–water partition coefficient (Wildman–Crippen LogP) is 3.45. The number of hydrogen-bond donors (Lipinski definition) is 1. The van der Waals surface area contributed by atoms with Crippen LogP contribution in [-0.4, -0.2) is 19.6 Å². The van der Waals surface area contributed by atoms with E-state index in [1.54, 1.807) is 0 Å². The standard InChI is InChI=1S/C15H14F2N2O4S/c1-9(11-7-6-10(16)8-12(11)17)18-13-4-3-5-14(24(2,22)23)15(13)19(20)21/h3-9,18H,1-2H3. The summed E-state index contributed by atoms with van der Waals surface area (Å²) in [6, 6.07) is 6.03. The Bertz CT molecular complexity index is 900. The third-order valence-corrected chi connectivity index (χ3v) is 4.51. The molecule has 128 valence electrons. The van der Waals surface area contributed by atoms with Gasteiger partial charge >= 0.3 is 5.69 Å². The lowest BCUT2D eigenvalue weighted by Gasteiger charge is -2.17. The van der Waals surface area contributed by atoms with Gasteiger partial charge in [0.15, 0.2) is 9.84 Å². The van der Waals surface area contributed by atoms with Crippen LogP contribution in [0.25, 0.3) is 0 Å². The number of sulfone groups is 1. The molecule has 0 bridgehead atoms. The quantitative estimate of drug-likeness (QED) is 0.655. The van der Waals surface area contributed by atoms with Crippen molar-refractivity contribution < 1.29 is 22.1 Å². The number of nitrogens with zero attached hydrogens (tertiary/aromatic N) is 1. The van der Waals surface area contributed by atoms with E-state index in [-0.39, 0.29) is 11.3 Å². The number of hydrogen-bond acceptors (Lipinski definition) is 5. The first kappa shape index (κ1) is 17.8. The molecule has 0 saturated heterocycles. The van der Waals surface area contributed by atoms with Gasteiger partial charge in [0, 0.05) is 17.9 Å². The predicted molar refractivity (Wildman–Crippen MR) is 84.6 cm³/mol. The highest BCUT2D eigenvalue weighted by molar-refractivity contribution is 7.90. The normalized spacial score (nSPS) is 12.7. The summed E-state index contributed by atoms with van der Waals surface area (Å²) in [5.41, 5.74) is -0.594. The highest BCUT2D eigenvalue weighted by atomic mass is 32.2. The minimum absolute atomic E-state index is 0.0702. The Balaban J connectivity index is 2.48. The van der Waals surface area contributed by atoms with E-state index in [4.69, 9.17) is 0 Å². The Morgan fingerprint density at radius 1 is 1.21 bits per heavy atom. The molecule has 1 unspecified atom stereocenters. The van der Waals surface area contributed by atoms with Crippen molar-refractivity contribution in [2.75, 3.05) is 11.6 Å². The van der Waals surface area contributed by atoms with Crippen LogP contribution < -0.4 is 5.32 Å². The van der Waals surface area contributed by atoms with Gasteiger partial charge in [0.25, 0.3) is 0 Å². The van der Waals surface area contributed by atoms with E-state index in [1.807, 2.05) is 0 Å². The van der Waals surface area contributed by atoms with Gasteiger partial charge in [-0.1, -0.05) is 12.1 Å². The summed E-state index contributed by atoms with van der Waals surface area (Å²) < 4.78 is 50.2. The van der Waals surface area contributed by atoms with Crippen molar-refractivity contribution in [2.24, 2.45) is 0 Å². The van der Waals surface area contributed by atoms with Crippen LogP contribution in [-0.2, 0) is 9.84 Å². The average Bonchev–Trinajstić information content (AvgIpc) is 2.45. The average molecular weight is 356 g/mol. The second-order valence-corrected chi connectivity index (χ2v) is 7.20. The van der Waals surface area contributed by atoms with Gasteiger partial charge in [-0.15, -0.1) is 0 Å². The zero-order valence-corrected chi connectivity index (χ0v) is 13.6. The molecule has 0 aliphatic carbocycles. The zero-order chi connectivity index (χ0) is 18.1. The summed E-state index contributed by atoms with van der Waals surface area (Å²) in [6.07, 6.45) is 0.863. The smallest absolute Gasteiger partial charge is 0.310 e. The maximum atomic E-state index is 13.8. The minimum Gasteiger partial charge on any atom is -0.373 e. The molecule has 0 radical (unpaired) electrons. The molecule has 0 aliphatic heterocycles. The maximum absolute atomic E-state index is 13.8. The van der Waals surface area contributed by atoms with Crippen LogP contribution in [0.3, 0.4) is 0 Å². The van der Waals surface area contributed by atoms with Crippen molar-refractivity contribution in [3.8, 4) is 0 Å². The molecule has 0 spiro atoms. The Labute approximate surface area is 137 Å². The summed E-state index contributed by atoms with van der Waals surface area (Å²) in [6.45, 7) is 1.52. The van der Waals surface area contributed by atoms with Crippen molar-refractivity contribution in [1.29, 1.82) is 0 Å². The summed E-state index contributed by atoms with van der Waals surface area (Å²) in [5.74, 6) is -1.55. The minimum atomic E-state index is -3.82. The molecule has 9 heteroatoms. The molecule has 24 heavy (non-hydrogen) atoms. The van der Waals surface area contributed by atoms with E-state index >= 15 is 0 Å². The number of anilines is 1. The van der Waals surface area contributed by atoms with Crippen LogP contribution in [0.4, 0.5) is 20.2 Å². The van der Waals surface area contributed by atoms with Gasteiger partial charge in [-0.3, -0.25) is 10.1 Å². The van der Waals surface area contributed by atoms with E-state index in [2.05, 4.69) is 5.32 Å². The molecule has 1 atom stereocenters. The first-order chi connectivity index (χ1) is 11.1. The molecule has 2 aromatic rings. The van der Waals surface area contributed by atoms with Gasteiger partial charge in [0.1, 0.15) is 22.2 Å². The first-order valence-corrected chi connectivity index (χ1v) is 8.69. The molecule has 0 aromatic heterocycles. The van der Waals surface area contributed by atoms with Crippen molar-refractivity contribution in [1.82, 2.24) is 0 Å². The van der Waals surface area contributed by atoms with E-state index in [0.717, 1.165) is 18.4 Å². The Morgan fingerprint density at radius 2 is 1.88 bits per heavy atom. The highest BCUT2D eigenvalue weighted by Gasteiger charge is 2.27. The SMILES string of the molecule is CC(Nc1cccc(S(C)(=O)=O)c1[N+](=O)[O-])c1ccc(F)cc1F. The molecule has 6 nitrogen and oxygen atoms in total. The van der Waals surface area contributed by atoms with Crippen molar-refractivity contribution in [3.05, 3.63) is 63.7 Å². The lowest BCUT2D eigenvalue weighted by Crippen LogP contribution is -2.12. The van der Waals surface area contributed by atoms with Gasteiger partial charge in [-0.25, -0.2) is 17.2 Å². The highest BCUT2D eigenvalue weighted by Crippen LogP contribution is 2.34. The molecule has 0 fully saturated rings. The van der Waals surface area contributed by atoms with Crippen LogP contribution >= 0.6 is 0 Å². The fraction of sp³-hybridized carbons (Fsp3) is 0.200. The number of nitrogens with one attached hydrogen (secondary N) is 1. The number of nitro groups is 1. The second kappa shape index (κ2) is 6.52. The van der Waals surface area contributed by atoms with Crippen LogP contribution in [0.5, 0.6) is 0 Å². The third kappa shape index (κ3) is 3.67. The van der Waals surface area contributed by atoms with Crippen LogP contribution in [0, 0.1) is 21.7 Å². The van der Waals surface area contributed by atoms with Gasteiger partial charge < -0.3 is 5.32 Å². The van der Waals surface area contributed by atoms with Crippen LogP contribution in [0.2, 0.25) is 0 Å². The Hall–Kier alpha value is -2.55. The molecule has 2 aromatic carbocycles. The first-order valence-electron chi connectivity index (χ1n) is 6.80. The molecule has 1 N–H and O–H groups in total. The van der Waals surface area contributed by atoms with Crippen molar-refractivity contribution >= 4 is 21.2 Å². The van der Waals surface area contributed by atoms with Crippen molar-refractivity contribution in [2.45, 2.75) is 17.9 Å². The van der Waals surface area contributed by atoms with Crippen LogP contribution in [0.15, 0.2) is 41.3 Å².